The number of hydrogen-bond acceptors (Lipinski definition) is 6. The van der Waals surface area contributed by atoms with Gasteiger partial charge in [-0.25, -0.2) is 9.59 Å². The summed E-state index contributed by atoms with van der Waals surface area (Å²) in [5.41, 5.74) is 3.15. The van der Waals surface area contributed by atoms with Gasteiger partial charge in [-0.3, -0.25) is 4.90 Å². The Balaban J connectivity index is 1.68. The van der Waals surface area contributed by atoms with Crippen LogP contribution < -0.4 is 5.32 Å². The summed E-state index contributed by atoms with van der Waals surface area (Å²) in [6, 6.07) is 10.3. The zero-order chi connectivity index (χ0) is 21.0. The summed E-state index contributed by atoms with van der Waals surface area (Å²) in [5, 5.41) is 3.12. The average Bonchev–Trinajstić information content (AvgIpc) is 3.11. The summed E-state index contributed by atoms with van der Waals surface area (Å²) < 4.78 is 10.9. The van der Waals surface area contributed by atoms with Gasteiger partial charge in [-0.15, -0.1) is 0 Å². The van der Waals surface area contributed by atoms with Gasteiger partial charge >= 0.3 is 11.9 Å². The zero-order valence-corrected chi connectivity index (χ0v) is 17.7. The van der Waals surface area contributed by atoms with E-state index >= 15 is 0 Å². The van der Waals surface area contributed by atoms with Crippen molar-refractivity contribution in [1.82, 2.24) is 10.2 Å². The molecule has 1 fully saturated rings. The monoisotopic (exact) mass is 398 g/mol. The number of benzene rings is 1. The van der Waals surface area contributed by atoms with Gasteiger partial charge in [0.1, 0.15) is 5.60 Å². The molecule has 1 aromatic rings. The van der Waals surface area contributed by atoms with Crippen LogP contribution in [0.25, 0.3) is 0 Å². The number of carbonyl (C=O) groups is 2. The maximum absolute atomic E-state index is 13.0. The molecule has 1 atom stereocenters. The first kappa shape index (κ1) is 21.1. The van der Waals surface area contributed by atoms with Crippen molar-refractivity contribution in [1.29, 1.82) is 0 Å². The van der Waals surface area contributed by atoms with E-state index in [4.69, 9.17) is 9.47 Å². The number of hydrogen-bond donors (Lipinski definition) is 1. The Morgan fingerprint density at radius 1 is 1.10 bits per heavy atom. The Kier molecular flexibility index (Phi) is 6.42. The molecule has 0 amide bonds. The van der Waals surface area contributed by atoms with Crippen molar-refractivity contribution in [2.45, 2.75) is 52.2 Å². The largest absolute Gasteiger partial charge is 0.466 e. The third-order valence-electron chi connectivity index (χ3n) is 5.91. The number of rotatable bonds is 6. The van der Waals surface area contributed by atoms with E-state index in [1.54, 1.807) is 0 Å². The van der Waals surface area contributed by atoms with E-state index in [9.17, 15) is 9.59 Å². The molecular weight excluding hydrogens is 368 g/mol. The van der Waals surface area contributed by atoms with Crippen molar-refractivity contribution in [3.05, 3.63) is 58.4 Å². The molecule has 6 heteroatoms. The first-order chi connectivity index (χ1) is 13.9. The molecule has 1 saturated heterocycles. The Morgan fingerprint density at radius 2 is 1.76 bits per heavy atom. The Bertz CT molecular complexity index is 844. The second-order valence-electron chi connectivity index (χ2n) is 7.87. The molecule has 2 aliphatic heterocycles. The molecule has 0 aromatic heterocycles. The van der Waals surface area contributed by atoms with E-state index in [0.717, 1.165) is 31.6 Å². The lowest BCUT2D eigenvalue weighted by Gasteiger charge is -2.30. The molecule has 0 radical (unpaired) electrons. The molecule has 0 aliphatic carbocycles. The van der Waals surface area contributed by atoms with Crippen molar-refractivity contribution in [2.24, 2.45) is 0 Å². The second kappa shape index (κ2) is 8.82. The van der Waals surface area contributed by atoms with Crippen molar-refractivity contribution >= 4 is 11.9 Å². The molecule has 2 heterocycles. The predicted octanol–water partition coefficient (Wildman–Crippen LogP) is 3.30. The van der Waals surface area contributed by atoms with E-state index in [2.05, 4.69) is 29.3 Å². The Labute approximate surface area is 172 Å². The van der Waals surface area contributed by atoms with Crippen LogP contribution in [-0.2, 0) is 25.6 Å². The smallest absolute Gasteiger partial charge is 0.336 e. The first-order valence-electron chi connectivity index (χ1n) is 10.1. The van der Waals surface area contributed by atoms with Gasteiger partial charge in [-0.05, 0) is 25.8 Å². The summed E-state index contributed by atoms with van der Waals surface area (Å²) >= 11 is 0. The fourth-order valence-electron chi connectivity index (χ4n) is 4.05. The maximum atomic E-state index is 13.0. The highest BCUT2D eigenvalue weighted by molar-refractivity contribution is 5.96. The van der Waals surface area contributed by atoms with E-state index in [1.165, 1.54) is 12.7 Å². The number of ether oxygens (including phenoxy) is 2. The van der Waals surface area contributed by atoms with Crippen LogP contribution in [0.2, 0.25) is 0 Å². The van der Waals surface area contributed by atoms with Gasteiger partial charge in [-0.1, -0.05) is 37.3 Å². The molecule has 0 bridgehead atoms. The highest BCUT2D eigenvalue weighted by Gasteiger charge is 2.41. The van der Waals surface area contributed by atoms with E-state index in [1.807, 2.05) is 32.0 Å². The summed E-state index contributed by atoms with van der Waals surface area (Å²) in [6.45, 7) is 8.15. The van der Waals surface area contributed by atoms with Crippen LogP contribution >= 0.6 is 0 Å². The van der Waals surface area contributed by atoms with Crippen LogP contribution in [-0.4, -0.2) is 42.6 Å². The molecule has 3 rings (SSSR count). The topological polar surface area (TPSA) is 67.9 Å². The van der Waals surface area contributed by atoms with Crippen LogP contribution in [0.15, 0.2) is 52.9 Å². The lowest BCUT2D eigenvalue weighted by molar-refractivity contribution is -0.154. The normalized spacial score (nSPS) is 22.5. The molecule has 6 nitrogen and oxygen atoms in total. The highest BCUT2D eigenvalue weighted by atomic mass is 16.6. The highest BCUT2D eigenvalue weighted by Crippen LogP contribution is 2.33. The third-order valence-corrected chi connectivity index (χ3v) is 5.91. The summed E-state index contributed by atoms with van der Waals surface area (Å²) in [4.78, 5) is 27.4. The summed E-state index contributed by atoms with van der Waals surface area (Å²) in [7, 11) is 1.34. The quantitative estimate of drug-likeness (QED) is 0.742. The number of dihydropyridines is 1. The molecular formula is C23H30N2O4. The third kappa shape index (κ3) is 4.70. The van der Waals surface area contributed by atoms with Gasteiger partial charge in [0.25, 0.3) is 0 Å². The summed E-state index contributed by atoms with van der Waals surface area (Å²) in [6.07, 6.45) is 1.78. The SMILES string of the molecule is CC[C@@]1(OC(=O)C2=C(C)NC(C)=C(C(=O)OC)C2)CCN(Cc2ccccc2)C1. The maximum Gasteiger partial charge on any atom is 0.336 e. The van der Waals surface area contributed by atoms with Gasteiger partial charge in [0.2, 0.25) is 0 Å². The number of nitrogens with zero attached hydrogens (tertiary/aromatic N) is 1. The number of nitrogens with one attached hydrogen (secondary N) is 1. The van der Waals surface area contributed by atoms with Crippen LogP contribution in [0.4, 0.5) is 0 Å². The van der Waals surface area contributed by atoms with Crippen molar-refractivity contribution in [2.75, 3.05) is 20.2 Å². The van der Waals surface area contributed by atoms with Crippen LogP contribution in [0.1, 0.15) is 45.6 Å². The van der Waals surface area contributed by atoms with Crippen molar-refractivity contribution in [3.8, 4) is 0 Å². The molecule has 0 saturated carbocycles. The molecule has 1 aromatic carbocycles. The molecule has 29 heavy (non-hydrogen) atoms. The number of methoxy groups -OCH3 is 1. The minimum absolute atomic E-state index is 0.226. The predicted molar refractivity (Wildman–Crippen MR) is 111 cm³/mol. The number of allylic oxidation sites excluding steroid dienone is 2. The minimum atomic E-state index is -0.499. The second-order valence-corrected chi connectivity index (χ2v) is 7.87. The number of likely N-dealkylation sites (tertiary alicyclic amines) is 1. The number of esters is 2. The minimum Gasteiger partial charge on any atom is -0.466 e. The van der Waals surface area contributed by atoms with Gasteiger partial charge in [0, 0.05) is 43.9 Å². The van der Waals surface area contributed by atoms with Crippen molar-refractivity contribution in [3.63, 3.8) is 0 Å². The zero-order valence-electron chi connectivity index (χ0n) is 17.7. The molecule has 0 spiro atoms. The molecule has 0 unspecified atom stereocenters. The fraction of sp³-hybridized carbons (Fsp3) is 0.478. The van der Waals surface area contributed by atoms with Crippen molar-refractivity contribution < 1.29 is 19.1 Å². The van der Waals surface area contributed by atoms with E-state index < -0.39 is 11.6 Å². The lowest BCUT2D eigenvalue weighted by atomic mass is 9.96. The summed E-state index contributed by atoms with van der Waals surface area (Å²) in [5.74, 6) is -0.778. The van der Waals surface area contributed by atoms with Gasteiger partial charge in [0.05, 0.1) is 18.3 Å². The molecule has 2 aliphatic rings. The molecule has 1 N–H and O–H groups in total. The van der Waals surface area contributed by atoms with Crippen LogP contribution in [0.3, 0.4) is 0 Å². The van der Waals surface area contributed by atoms with Crippen LogP contribution in [0.5, 0.6) is 0 Å². The standard InChI is InChI=1S/C23H30N2O4/c1-5-23(11-12-25(15-23)14-18-9-7-6-8-10-18)29-22(27)20-13-19(21(26)28-4)16(2)24-17(20)3/h6-10,24H,5,11-15H2,1-4H3/t23-/m1/s1. The van der Waals surface area contributed by atoms with Crippen LogP contribution in [0, 0.1) is 0 Å². The van der Waals surface area contributed by atoms with E-state index in [0.29, 0.717) is 23.4 Å². The fourth-order valence-corrected chi connectivity index (χ4v) is 4.05. The lowest BCUT2D eigenvalue weighted by Crippen LogP contribution is -2.39. The first-order valence-corrected chi connectivity index (χ1v) is 10.1. The van der Waals surface area contributed by atoms with Gasteiger partial charge in [0.15, 0.2) is 0 Å². The Morgan fingerprint density at radius 3 is 2.38 bits per heavy atom. The molecule has 156 valence electrons. The average molecular weight is 399 g/mol. The number of carbonyl (C=O) groups excluding carboxylic acids is 2. The van der Waals surface area contributed by atoms with Gasteiger partial charge < -0.3 is 14.8 Å². The van der Waals surface area contributed by atoms with Gasteiger partial charge in [-0.2, -0.15) is 0 Å². The van der Waals surface area contributed by atoms with E-state index in [-0.39, 0.29) is 12.4 Å². The Hall–Kier alpha value is -2.60.